The Balaban J connectivity index is 1.74. The summed E-state index contributed by atoms with van der Waals surface area (Å²) in [5, 5.41) is 12.2. The van der Waals surface area contributed by atoms with Gasteiger partial charge in [0.25, 0.3) is 5.69 Å². The zero-order chi connectivity index (χ0) is 21.3. The zero-order valence-corrected chi connectivity index (χ0v) is 16.9. The smallest absolute Gasteiger partial charge is 0.271 e. The lowest BCUT2D eigenvalue weighted by Crippen LogP contribution is -1.99. The van der Waals surface area contributed by atoms with Gasteiger partial charge in [-0.25, -0.2) is 0 Å². The lowest BCUT2D eigenvalue weighted by Gasteiger charge is -2.10. The lowest BCUT2D eigenvalue weighted by molar-refractivity contribution is -0.384. The Morgan fingerprint density at radius 2 is 1.97 bits per heavy atom. The molecule has 4 aromatic rings. The number of pyridine rings is 1. The van der Waals surface area contributed by atoms with Crippen molar-refractivity contribution in [3.05, 3.63) is 87.9 Å². The van der Waals surface area contributed by atoms with Crippen LogP contribution >= 0.6 is 0 Å². The number of benzene rings is 2. The molecule has 0 N–H and O–H groups in total. The summed E-state index contributed by atoms with van der Waals surface area (Å²) in [6.07, 6.45) is 3.49. The number of rotatable bonds is 5. The van der Waals surface area contributed by atoms with Crippen molar-refractivity contribution in [1.82, 2.24) is 9.55 Å². The normalized spacial score (nSPS) is 11.3. The minimum Gasteiger partial charge on any atom is -0.494 e. The molecule has 0 bridgehead atoms. The number of ether oxygens (including phenoxy) is 1. The number of aryl methyl sites for hydroxylation is 1. The van der Waals surface area contributed by atoms with E-state index < -0.39 is 4.92 Å². The molecule has 0 atom stereocenters. The third-order valence-electron chi connectivity index (χ3n) is 5.03. The number of methoxy groups -OCH3 is 1. The number of hydrogen-bond acceptors (Lipinski definition) is 5. The summed E-state index contributed by atoms with van der Waals surface area (Å²) in [6, 6.07) is 16.5. The van der Waals surface area contributed by atoms with Gasteiger partial charge in [0.05, 0.1) is 17.5 Å². The van der Waals surface area contributed by atoms with E-state index in [2.05, 4.69) is 20.6 Å². The fourth-order valence-electron chi connectivity index (χ4n) is 3.55. The molecule has 0 aliphatic rings. The standard InChI is InChI=1S/C23H20N4O3/c1-15-11-18(14-25-22-13-20(27(28)29)7-9-23(22)30-3)16(2)26(15)19-6-8-21-17(12-19)5-4-10-24-21/h4-14H,1-3H3. The molecule has 0 fully saturated rings. The minimum atomic E-state index is -0.446. The van der Waals surface area contributed by atoms with E-state index in [0.717, 1.165) is 33.5 Å². The first-order valence-electron chi connectivity index (χ1n) is 9.38. The highest BCUT2D eigenvalue weighted by Gasteiger charge is 2.13. The van der Waals surface area contributed by atoms with E-state index in [1.165, 1.54) is 19.2 Å². The highest BCUT2D eigenvalue weighted by Crippen LogP contribution is 2.31. The van der Waals surface area contributed by atoms with E-state index in [9.17, 15) is 10.1 Å². The van der Waals surface area contributed by atoms with Gasteiger partial charge in [-0.1, -0.05) is 6.07 Å². The molecule has 2 aromatic carbocycles. The number of aromatic nitrogens is 2. The van der Waals surface area contributed by atoms with E-state index in [-0.39, 0.29) is 5.69 Å². The van der Waals surface area contributed by atoms with Gasteiger partial charge < -0.3 is 9.30 Å². The fourth-order valence-corrected chi connectivity index (χ4v) is 3.55. The second kappa shape index (κ2) is 7.79. The summed E-state index contributed by atoms with van der Waals surface area (Å²) in [7, 11) is 1.51. The first-order chi connectivity index (χ1) is 14.5. The number of fused-ring (bicyclic) bond motifs is 1. The molecular weight excluding hydrogens is 380 g/mol. The Morgan fingerprint density at radius 3 is 2.73 bits per heavy atom. The molecule has 30 heavy (non-hydrogen) atoms. The fraction of sp³-hybridized carbons (Fsp3) is 0.130. The maximum atomic E-state index is 11.1. The molecule has 2 heterocycles. The van der Waals surface area contributed by atoms with Crippen molar-refractivity contribution < 1.29 is 9.66 Å². The molecule has 0 unspecified atom stereocenters. The zero-order valence-electron chi connectivity index (χ0n) is 16.9. The molecule has 4 rings (SSSR count). The van der Waals surface area contributed by atoms with Crippen LogP contribution in [0.4, 0.5) is 11.4 Å². The van der Waals surface area contributed by atoms with Gasteiger partial charge in [0.2, 0.25) is 0 Å². The average molecular weight is 400 g/mol. The summed E-state index contributed by atoms with van der Waals surface area (Å²) >= 11 is 0. The Hall–Kier alpha value is -4.00. The summed E-state index contributed by atoms with van der Waals surface area (Å²) < 4.78 is 7.44. The molecule has 2 aromatic heterocycles. The number of nitro benzene ring substituents is 1. The van der Waals surface area contributed by atoms with E-state index in [1.54, 1.807) is 18.5 Å². The van der Waals surface area contributed by atoms with Gasteiger partial charge in [0.15, 0.2) is 0 Å². The van der Waals surface area contributed by atoms with Crippen LogP contribution in [0.1, 0.15) is 17.0 Å². The SMILES string of the molecule is COc1ccc([N+](=O)[O-])cc1N=Cc1cc(C)n(-c2ccc3ncccc3c2)c1C. The summed E-state index contributed by atoms with van der Waals surface area (Å²) in [5.41, 5.74) is 5.37. The van der Waals surface area contributed by atoms with Crippen molar-refractivity contribution >= 4 is 28.5 Å². The first-order valence-corrected chi connectivity index (χ1v) is 9.38. The van der Waals surface area contributed by atoms with Gasteiger partial charge in [-0.2, -0.15) is 0 Å². The number of hydrogen-bond donors (Lipinski definition) is 0. The van der Waals surface area contributed by atoms with Crippen molar-refractivity contribution in [1.29, 1.82) is 0 Å². The van der Waals surface area contributed by atoms with Gasteiger partial charge in [-0.3, -0.25) is 20.1 Å². The third kappa shape index (κ3) is 3.53. The molecule has 0 aliphatic carbocycles. The average Bonchev–Trinajstić information content (AvgIpc) is 3.04. The molecule has 0 spiro atoms. The quantitative estimate of drug-likeness (QED) is 0.258. The van der Waals surface area contributed by atoms with E-state index >= 15 is 0 Å². The lowest BCUT2D eigenvalue weighted by atomic mass is 10.2. The highest BCUT2D eigenvalue weighted by molar-refractivity contribution is 5.86. The van der Waals surface area contributed by atoms with Gasteiger partial charge in [0.1, 0.15) is 11.4 Å². The first kappa shape index (κ1) is 19.3. The molecule has 150 valence electrons. The van der Waals surface area contributed by atoms with Crippen molar-refractivity contribution in [2.24, 2.45) is 4.99 Å². The maximum Gasteiger partial charge on any atom is 0.271 e. The van der Waals surface area contributed by atoms with Crippen molar-refractivity contribution in [2.75, 3.05) is 7.11 Å². The monoisotopic (exact) mass is 400 g/mol. The van der Waals surface area contributed by atoms with Crippen LogP contribution in [0.25, 0.3) is 16.6 Å². The Kier molecular flexibility index (Phi) is 5.02. The Morgan fingerprint density at radius 1 is 1.13 bits per heavy atom. The van der Waals surface area contributed by atoms with Crippen LogP contribution in [0, 0.1) is 24.0 Å². The largest absolute Gasteiger partial charge is 0.494 e. The summed E-state index contributed by atoms with van der Waals surface area (Å²) in [4.78, 5) is 19.5. The van der Waals surface area contributed by atoms with Crippen LogP contribution in [0.5, 0.6) is 5.75 Å². The maximum absolute atomic E-state index is 11.1. The number of nitro groups is 1. The highest BCUT2D eigenvalue weighted by atomic mass is 16.6. The molecule has 7 nitrogen and oxygen atoms in total. The van der Waals surface area contributed by atoms with Gasteiger partial charge in [0, 0.05) is 52.6 Å². The van der Waals surface area contributed by atoms with Crippen molar-refractivity contribution in [3.63, 3.8) is 0 Å². The van der Waals surface area contributed by atoms with E-state index in [4.69, 9.17) is 4.74 Å². The summed E-state index contributed by atoms with van der Waals surface area (Å²) in [6.45, 7) is 4.05. The molecule has 0 saturated heterocycles. The van der Waals surface area contributed by atoms with Crippen LogP contribution in [0.3, 0.4) is 0 Å². The van der Waals surface area contributed by atoms with Crippen molar-refractivity contribution in [2.45, 2.75) is 13.8 Å². The molecular formula is C23H20N4O3. The van der Waals surface area contributed by atoms with Crippen LogP contribution in [0.2, 0.25) is 0 Å². The molecule has 0 aliphatic heterocycles. The predicted molar refractivity (Wildman–Crippen MR) is 117 cm³/mol. The summed E-state index contributed by atoms with van der Waals surface area (Å²) in [5.74, 6) is 0.479. The van der Waals surface area contributed by atoms with Gasteiger partial charge >= 0.3 is 0 Å². The minimum absolute atomic E-state index is 0.0294. The Bertz CT molecular complexity index is 1290. The number of aliphatic imine (C=N–C) groups is 1. The topological polar surface area (TPSA) is 82.5 Å². The van der Waals surface area contributed by atoms with Crippen LogP contribution in [0.15, 0.2) is 65.8 Å². The second-order valence-electron chi connectivity index (χ2n) is 6.91. The van der Waals surface area contributed by atoms with E-state index in [0.29, 0.717) is 11.4 Å². The van der Waals surface area contributed by atoms with Crippen LogP contribution in [-0.2, 0) is 0 Å². The molecule has 0 radical (unpaired) electrons. The van der Waals surface area contributed by atoms with Crippen molar-refractivity contribution in [3.8, 4) is 11.4 Å². The van der Waals surface area contributed by atoms with Gasteiger partial charge in [-0.15, -0.1) is 0 Å². The number of nitrogens with zero attached hydrogens (tertiary/aromatic N) is 4. The van der Waals surface area contributed by atoms with Crippen LogP contribution < -0.4 is 4.74 Å². The third-order valence-corrected chi connectivity index (χ3v) is 5.03. The van der Waals surface area contributed by atoms with Gasteiger partial charge in [-0.05, 0) is 50.2 Å². The molecule has 7 heteroatoms. The van der Waals surface area contributed by atoms with Crippen LogP contribution in [-0.4, -0.2) is 27.8 Å². The number of non-ortho nitro benzene ring substituents is 1. The molecule has 0 amide bonds. The predicted octanol–water partition coefficient (Wildman–Crippen LogP) is 5.31. The van der Waals surface area contributed by atoms with E-state index in [1.807, 2.05) is 44.2 Å². The Labute approximate surface area is 173 Å². The second-order valence-corrected chi connectivity index (χ2v) is 6.91. The molecule has 0 saturated carbocycles.